The van der Waals surface area contributed by atoms with Crippen LogP contribution in [0.15, 0.2) is 36.5 Å². The summed E-state index contributed by atoms with van der Waals surface area (Å²) in [5.74, 6) is -0.290. The van der Waals surface area contributed by atoms with Crippen LogP contribution in [0.1, 0.15) is 34.6 Å². The number of rotatable bonds is 8. The van der Waals surface area contributed by atoms with Gasteiger partial charge in [0.2, 0.25) is 0 Å². The van der Waals surface area contributed by atoms with Gasteiger partial charge in [0.15, 0.2) is 5.79 Å². The number of nitrogens with one attached hydrogen (secondary N) is 1. The molecule has 0 spiro atoms. The minimum atomic E-state index is -0.690. The van der Waals surface area contributed by atoms with Crippen LogP contribution in [0.5, 0.6) is 0 Å². The Kier molecular flexibility index (Phi) is 8.52. The summed E-state index contributed by atoms with van der Waals surface area (Å²) in [4.78, 5) is 30.6. The smallest absolute Gasteiger partial charge is 0.412 e. The molecule has 1 aromatic carbocycles. The number of carbonyl (C=O) groups excluding carboxylic acids is 2. The van der Waals surface area contributed by atoms with E-state index in [9.17, 15) is 9.59 Å². The molecular formula is C25H35N3O7. The van der Waals surface area contributed by atoms with Crippen molar-refractivity contribution in [2.45, 2.75) is 58.2 Å². The first-order valence-corrected chi connectivity index (χ1v) is 11.6. The lowest BCUT2D eigenvalue weighted by Crippen LogP contribution is -2.46. The number of fused-ring (bicyclic) bond motifs is 1. The second-order valence-corrected chi connectivity index (χ2v) is 9.87. The van der Waals surface area contributed by atoms with Crippen molar-refractivity contribution in [3.8, 4) is 0 Å². The normalized spacial score (nSPS) is 18.2. The van der Waals surface area contributed by atoms with E-state index in [0.29, 0.717) is 12.4 Å². The van der Waals surface area contributed by atoms with E-state index >= 15 is 0 Å². The number of amides is 2. The number of likely N-dealkylation sites (N-methyl/N-ethyl adjacent to an activating group) is 1. The molecule has 0 aliphatic carbocycles. The van der Waals surface area contributed by atoms with Crippen molar-refractivity contribution in [3.05, 3.63) is 36.5 Å². The van der Waals surface area contributed by atoms with E-state index in [1.54, 1.807) is 40.1 Å². The lowest BCUT2D eigenvalue weighted by atomic mass is 10.2. The predicted octanol–water partition coefficient (Wildman–Crippen LogP) is 4.19. The first kappa shape index (κ1) is 26.7. The monoisotopic (exact) mass is 489 g/mol. The summed E-state index contributed by atoms with van der Waals surface area (Å²) in [6, 6.07) is 8.86. The number of pyridine rings is 1. The SMILES string of the molecule is CN(C(=O)OC(C)(C)C)C(COCC1COC(C)(C)O1)COC(=O)Nc1cc2ccccc2cn1. The van der Waals surface area contributed by atoms with Gasteiger partial charge < -0.3 is 28.6 Å². The number of hydrogen-bond donors (Lipinski definition) is 1. The Balaban J connectivity index is 1.57. The van der Waals surface area contributed by atoms with Gasteiger partial charge in [-0.3, -0.25) is 5.32 Å². The molecule has 192 valence electrons. The average molecular weight is 490 g/mol. The Hall–Kier alpha value is -2.95. The molecule has 2 atom stereocenters. The topological polar surface area (TPSA) is 108 Å². The highest BCUT2D eigenvalue weighted by Crippen LogP contribution is 2.22. The summed E-state index contributed by atoms with van der Waals surface area (Å²) in [5.41, 5.74) is -0.669. The molecule has 35 heavy (non-hydrogen) atoms. The molecule has 0 radical (unpaired) electrons. The van der Waals surface area contributed by atoms with Crippen LogP contribution in [-0.4, -0.2) is 79.1 Å². The molecule has 2 unspecified atom stereocenters. The van der Waals surface area contributed by atoms with E-state index < -0.39 is 29.6 Å². The van der Waals surface area contributed by atoms with E-state index in [4.69, 9.17) is 23.7 Å². The maximum Gasteiger partial charge on any atom is 0.412 e. The van der Waals surface area contributed by atoms with Crippen LogP contribution >= 0.6 is 0 Å². The van der Waals surface area contributed by atoms with Gasteiger partial charge in [-0.15, -0.1) is 0 Å². The van der Waals surface area contributed by atoms with E-state index in [0.717, 1.165) is 10.8 Å². The van der Waals surface area contributed by atoms with Crippen LogP contribution in [0.2, 0.25) is 0 Å². The molecule has 1 aliphatic heterocycles. The van der Waals surface area contributed by atoms with Crippen LogP contribution in [0.25, 0.3) is 10.8 Å². The zero-order chi connectivity index (χ0) is 25.6. The Bertz CT molecular complexity index is 1020. The number of aromatic nitrogens is 1. The average Bonchev–Trinajstić information content (AvgIpc) is 3.12. The molecular weight excluding hydrogens is 454 g/mol. The number of anilines is 1. The number of ether oxygens (including phenoxy) is 5. The van der Waals surface area contributed by atoms with Gasteiger partial charge in [-0.1, -0.05) is 24.3 Å². The molecule has 3 rings (SSSR count). The second-order valence-electron chi connectivity index (χ2n) is 9.87. The maximum atomic E-state index is 12.6. The van der Waals surface area contributed by atoms with E-state index in [1.165, 1.54) is 4.90 Å². The van der Waals surface area contributed by atoms with Crippen LogP contribution in [0.3, 0.4) is 0 Å². The molecule has 1 N–H and O–H groups in total. The van der Waals surface area contributed by atoms with Crippen LogP contribution in [0.4, 0.5) is 15.4 Å². The molecule has 2 heterocycles. The summed E-state index contributed by atoms with van der Waals surface area (Å²) < 4.78 is 27.9. The third kappa shape index (κ3) is 8.34. The molecule has 0 saturated carbocycles. The first-order valence-electron chi connectivity index (χ1n) is 11.6. The minimum Gasteiger partial charge on any atom is -0.447 e. The van der Waals surface area contributed by atoms with Crippen LogP contribution in [-0.2, 0) is 23.7 Å². The minimum absolute atomic E-state index is 0.108. The van der Waals surface area contributed by atoms with E-state index in [-0.39, 0.29) is 25.9 Å². The highest BCUT2D eigenvalue weighted by molar-refractivity contribution is 5.89. The molecule has 1 fully saturated rings. The van der Waals surface area contributed by atoms with Crippen molar-refractivity contribution < 1.29 is 33.3 Å². The Morgan fingerprint density at radius 1 is 1.23 bits per heavy atom. The molecule has 10 heteroatoms. The van der Waals surface area contributed by atoms with Gasteiger partial charge in [0.1, 0.15) is 24.1 Å². The van der Waals surface area contributed by atoms with Gasteiger partial charge >= 0.3 is 12.2 Å². The van der Waals surface area contributed by atoms with Crippen LogP contribution in [0, 0.1) is 0 Å². The molecule has 1 saturated heterocycles. The summed E-state index contributed by atoms with van der Waals surface area (Å²) >= 11 is 0. The molecule has 2 amide bonds. The molecule has 10 nitrogen and oxygen atoms in total. The van der Waals surface area contributed by atoms with Crippen molar-refractivity contribution >= 4 is 28.8 Å². The van der Waals surface area contributed by atoms with Crippen molar-refractivity contribution in [2.75, 3.05) is 38.8 Å². The summed E-state index contributed by atoms with van der Waals surface area (Å²) in [5, 5.41) is 4.52. The highest BCUT2D eigenvalue weighted by atomic mass is 16.7. The Morgan fingerprint density at radius 2 is 1.94 bits per heavy atom. The van der Waals surface area contributed by atoms with Gasteiger partial charge in [-0.25, -0.2) is 14.6 Å². The van der Waals surface area contributed by atoms with Gasteiger partial charge in [0.05, 0.1) is 25.9 Å². The van der Waals surface area contributed by atoms with Gasteiger partial charge in [-0.05, 0) is 46.1 Å². The largest absolute Gasteiger partial charge is 0.447 e. The quantitative estimate of drug-likeness (QED) is 0.588. The molecule has 1 aromatic heterocycles. The van der Waals surface area contributed by atoms with Crippen molar-refractivity contribution in [2.24, 2.45) is 0 Å². The highest BCUT2D eigenvalue weighted by Gasteiger charge is 2.33. The Labute approximate surface area is 205 Å². The second kappa shape index (κ2) is 11.2. The predicted molar refractivity (Wildman–Crippen MR) is 130 cm³/mol. The number of benzene rings is 1. The number of carbonyl (C=O) groups is 2. The first-order chi connectivity index (χ1) is 16.4. The third-order valence-electron chi connectivity index (χ3n) is 5.18. The van der Waals surface area contributed by atoms with E-state index in [2.05, 4.69) is 10.3 Å². The van der Waals surface area contributed by atoms with Gasteiger partial charge in [-0.2, -0.15) is 0 Å². The summed E-state index contributed by atoms with van der Waals surface area (Å²) in [6.07, 6.45) is 0.215. The van der Waals surface area contributed by atoms with Gasteiger partial charge in [0, 0.05) is 18.6 Å². The fraction of sp³-hybridized carbons (Fsp3) is 0.560. The fourth-order valence-corrected chi connectivity index (χ4v) is 3.40. The Morgan fingerprint density at radius 3 is 2.60 bits per heavy atom. The van der Waals surface area contributed by atoms with Crippen LogP contribution < -0.4 is 5.32 Å². The van der Waals surface area contributed by atoms with Crippen molar-refractivity contribution in [1.29, 1.82) is 0 Å². The zero-order valence-corrected chi connectivity index (χ0v) is 21.2. The van der Waals surface area contributed by atoms with E-state index in [1.807, 2.05) is 38.1 Å². The van der Waals surface area contributed by atoms with Crippen molar-refractivity contribution in [3.63, 3.8) is 0 Å². The number of hydrogen-bond acceptors (Lipinski definition) is 8. The standard InChI is InChI=1S/C25H35N3O7/c1-24(2,3)35-23(30)28(6)19(13-31-15-20-16-33-25(4,5)34-20)14-32-22(29)27-21-11-17-9-7-8-10-18(17)12-26-21/h7-12,19-20H,13-16H2,1-6H3,(H,26,27,29). The molecule has 2 aromatic rings. The fourth-order valence-electron chi connectivity index (χ4n) is 3.40. The summed E-state index contributed by atoms with van der Waals surface area (Å²) in [6.45, 7) is 9.70. The maximum absolute atomic E-state index is 12.6. The lowest BCUT2D eigenvalue weighted by Gasteiger charge is -2.30. The summed E-state index contributed by atoms with van der Waals surface area (Å²) in [7, 11) is 1.58. The lowest BCUT2D eigenvalue weighted by molar-refractivity contribution is -0.145. The third-order valence-corrected chi connectivity index (χ3v) is 5.18. The molecule has 1 aliphatic rings. The zero-order valence-electron chi connectivity index (χ0n) is 21.2. The van der Waals surface area contributed by atoms with Crippen molar-refractivity contribution in [1.82, 2.24) is 9.88 Å². The number of nitrogens with zero attached hydrogens (tertiary/aromatic N) is 2. The van der Waals surface area contributed by atoms with Gasteiger partial charge in [0.25, 0.3) is 0 Å². The molecule has 0 bridgehead atoms.